The SMILES string of the molecule is CCOC(=O)c1nc2cnc(Br)cn2c1C. The van der Waals surface area contributed by atoms with Crippen molar-refractivity contribution >= 4 is 27.5 Å². The monoisotopic (exact) mass is 283 g/mol. The van der Waals surface area contributed by atoms with Crippen LogP contribution in [0.15, 0.2) is 17.0 Å². The van der Waals surface area contributed by atoms with Gasteiger partial charge in [-0.1, -0.05) is 0 Å². The molecule has 0 saturated carbocycles. The van der Waals surface area contributed by atoms with Gasteiger partial charge in [0.25, 0.3) is 0 Å². The molecule has 0 amide bonds. The Morgan fingerprint density at radius 1 is 1.62 bits per heavy atom. The lowest BCUT2D eigenvalue weighted by atomic mass is 10.3. The fourth-order valence-electron chi connectivity index (χ4n) is 1.44. The van der Waals surface area contributed by atoms with Gasteiger partial charge < -0.3 is 4.74 Å². The topological polar surface area (TPSA) is 56.5 Å². The van der Waals surface area contributed by atoms with E-state index in [0.717, 1.165) is 5.69 Å². The van der Waals surface area contributed by atoms with Crippen molar-refractivity contribution in [3.05, 3.63) is 28.4 Å². The van der Waals surface area contributed by atoms with Gasteiger partial charge in [-0.15, -0.1) is 0 Å². The maximum atomic E-state index is 11.6. The molecule has 0 N–H and O–H groups in total. The molecule has 16 heavy (non-hydrogen) atoms. The molecule has 2 aromatic rings. The minimum absolute atomic E-state index is 0.335. The molecule has 0 unspecified atom stereocenters. The fourth-order valence-corrected chi connectivity index (χ4v) is 1.75. The number of fused-ring (bicyclic) bond motifs is 1. The molecule has 0 saturated heterocycles. The summed E-state index contributed by atoms with van der Waals surface area (Å²) in [6, 6.07) is 0. The molecule has 2 rings (SSSR count). The third-order valence-corrected chi connectivity index (χ3v) is 2.59. The number of aryl methyl sites for hydroxylation is 1. The van der Waals surface area contributed by atoms with E-state index in [9.17, 15) is 4.79 Å². The van der Waals surface area contributed by atoms with Crippen LogP contribution in [-0.4, -0.2) is 26.9 Å². The maximum Gasteiger partial charge on any atom is 0.358 e. The van der Waals surface area contributed by atoms with Crippen molar-refractivity contribution in [1.29, 1.82) is 0 Å². The van der Waals surface area contributed by atoms with Crippen LogP contribution in [-0.2, 0) is 4.74 Å². The van der Waals surface area contributed by atoms with Crippen molar-refractivity contribution in [1.82, 2.24) is 14.4 Å². The number of halogens is 1. The number of ether oxygens (including phenoxy) is 1. The number of imidazole rings is 1. The van der Waals surface area contributed by atoms with Crippen LogP contribution >= 0.6 is 15.9 Å². The summed E-state index contributed by atoms with van der Waals surface area (Å²) in [7, 11) is 0. The van der Waals surface area contributed by atoms with Crippen LogP contribution in [0.3, 0.4) is 0 Å². The van der Waals surface area contributed by atoms with Crippen molar-refractivity contribution in [2.45, 2.75) is 13.8 Å². The molecule has 0 spiro atoms. The van der Waals surface area contributed by atoms with E-state index in [0.29, 0.717) is 22.6 Å². The Balaban J connectivity index is 2.56. The largest absolute Gasteiger partial charge is 0.461 e. The van der Waals surface area contributed by atoms with Gasteiger partial charge in [0.15, 0.2) is 11.3 Å². The molecule has 6 heteroatoms. The lowest BCUT2D eigenvalue weighted by molar-refractivity contribution is 0.0519. The summed E-state index contributed by atoms with van der Waals surface area (Å²) in [5.41, 5.74) is 1.71. The predicted molar refractivity (Wildman–Crippen MR) is 61.4 cm³/mol. The molecule has 0 aliphatic heterocycles. The predicted octanol–water partition coefficient (Wildman–Crippen LogP) is 1.98. The van der Waals surface area contributed by atoms with Crippen molar-refractivity contribution in [2.75, 3.05) is 6.61 Å². The molecule has 0 radical (unpaired) electrons. The molecular weight excluding hydrogens is 274 g/mol. The molecule has 0 bridgehead atoms. The molecule has 2 aromatic heterocycles. The second-order valence-corrected chi connectivity index (χ2v) is 4.02. The summed E-state index contributed by atoms with van der Waals surface area (Å²) in [5, 5.41) is 0. The summed E-state index contributed by atoms with van der Waals surface area (Å²) < 4.78 is 7.41. The highest BCUT2D eigenvalue weighted by atomic mass is 79.9. The number of carbonyl (C=O) groups excluding carboxylic acids is 1. The quantitative estimate of drug-likeness (QED) is 0.791. The molecule has 0 aliphatic carbocycles. The molecule has 2 heterocycles. The Bertz CT molecular complexity index is 550. The van der Waals surface area contributed by atoms with Crippen molar-refractivity contribution < 1.29 is 9.53 Å². The number of hydrogen-bond acceptors (Lipinski definition) is 4. The smallest absolute Gasteiger partial charge is 0.358 e. The van der Waals surface area contributed by atoms with E-state index in [4.69, 9.17) is 4.74 Å². The van der Waals surface area contributed by atoms with Gasteiger partial charge in [0.05, 0.1) is 18.5 Å². The highest BCUT2D eigenvalue weighted by Gasteiger charge is 2.16. The summed E-state index contributed by atoms with van der Waals surface area (Å²) in [4.78, 5) is 19.8. The first-order valence-electron chi connectivity index (χ1n) is 4.80. The number of rotatable bonds is 2. The first-order valence-corrected chi connectivity index (χ1v) is 5.60. The third kappa shape index (κ3) is 1.80. The lowest BCUT2D eigenvalue weighted by Gasteiger charge is -1.99. The average Bonchev–Trinajstić information content (AvgIpc) is 2.57. The number of esters is 1. The molecule has 0 atom stereocenters. The normalized spacial score (nSPS) is 10.7. The molecule has 84 valence electrons. The van der Waals surface area contributed by atoms with Gasteiger partial charge in [0.2, 0.25) is 0 Å². The minimum atomic E-state index is -0.403. The summed E-state index contributed by atoms with van der Waals surface area (Å²) in [5.74, 6) is -0.403. The Hall–Kier alpha value is -1.43. The molecular formula is C10H10BrN3O2. The van der Waals surface area contributed by atoms with Crippen LogP contribution in [0.2, 0.25) is 0 Å². The van der Waals surface area contributed by atoms with Crippen molar-refractivity contribution in [3.63, 3.8) is 0 Å². The lowest BCUT2D eigenvalue weighted by Crippen LogP contribution is -2.06. The zero-order valence-electron chi connectivity index (χ0n) is 8.90. The van der Waals surface area contributed by atoms with E-state index < -0.39 is 5.97 Å². The minimum Gasteiger partial charge on any atom is -0.461 e. The van der Waals surface area contributed by atoms with E-state index in [1.54, 1.807) is 23.7 Å². The van der Waals surface area contributed by atoms with Crippen LogP contribution in [0.4, 0.5) is 0 Å². The highest BCUT2D eigenvalue weighted by Crippen LogP contribution is 2.14. The van der Waals surface area contributed by atoms with Gasteiger partial charge in [0, 0.05) is 6.20 Å². The second kappa shape index (κ2) is 4.21. The first-order chi connectivity index (χ1) is 7.63. The molecule has 0 fully saturated rings. The fraction of sp³-hybridized carbons (Fsp3) is 0.300. The van der Waals surface area contributed by atoms with Crippen LogP contribution in [0, 0.1) is 6.92 Å². The molecule has 0 aromatic carbocycles. The molecule has 0 aliphatic rings. The van der Waals surface area contributed by atoms with Gasteiger partial charge in [-0.2, -0.15) is 0 Å². The van der Waals surface area contributed by atoms with E-state index in [-0.39, 0.29) is 0 Å². The number of hydrogen-bond donors (Lipinski definition) is 0. The summed E-state index contributed by atoms with van der Waals surface area (Å²) in [6.45, 7) is 3.92. The van der Waals surface area contributed by atoms with Crippen LogP contribution in [0.1, 0.15) is 23.1 Å². The van der Waals surface area contributed by atoms with Gasteiger partial charge >= 0.3 is 5.97 Å². The Kier molecular flexibility index (Phi) is 2.91. The van der Waals surface area contributed by atoms with E-state index in [2.05, 4.69) is 25.9 Å². The number of aromatic nitrogens is 3. The van der Waals surface area contributed by atoms with E-state index in [1.807, 2.05) is 6.92 Å². The van der Waals surface area contributed by atoms with E-state index in [1.165, 1.54) is 0 Å². The van der Waals surface area contributed by atoms with Gasteiger partial charge in [-0.3, -0.25) is 4.40 Å². The summed E-state index contributed by atoms with van der Waals surface area (Å²) in [6.07, 6.45) is 3.36. The Labute approximate surface area is 101 Å². The van der Waals surface area contributed by atoms with Gasteiger partial charge in [-0.05, 0) is 29.8 Å². The van der Waals surface area contributed by atoms with Gasteiger partial charge in [0.1, 0.15) is 4.60 Å². The standard InChI is InChI=1S/C10H10BrN3O2/c1-3-16-10(15)9-6(2)14-5-7(11)12-4-8(14)13-9/h4-5H,3H2,1-2H3. The molecule has 5 nitrogen and oxygen atoms in total. The first kappa shape index (κ1) is 11.1. The summed E-state index contributed by atoms with van der Waals surface area (Å²) >= 11 is 3.27. The number of nitrogens with zero attached hydrogens (tertiary/aromatic N) is 3. The average molecular weight is 284 g/mol. The third-order valence-electron chi connectivity index (χ3n) is 2.18. The van der Waals surface area contributed by atoms with Crippen LogP contribution in [0.25, 0.3) is 5.65 Å². The second-order valence-electron chi connectivity index (χ2n) is 3.20. The van der Waals surface area contributed by atoms with Crippen LogP contribution in [0.5, 0.6) is 0 Å². The maximum absolute atomic E-state index is 11.6. The Morgan fingerprint density at radius 3 is 3.06 bits per heavy atom. The van der Waals surface area contributed by atoms with Crippen molar-refractivity contribution in [2.24, 2.45) is 0 Å². The zero-order chi connectivity index (χ0) is 11.7. The highest BCUT2D eigenvalue weighted by molar-refractivity contribution is 9.10. The Morgan fingerprint density at radius 2 is 2.38 bits per heavy atom. The van der Waals surface area contributed by atoms with E-state index >= 15 is 0 Å². The zero-order valence-corrected chi connectivity index (χ0v) is 10.5. The number of carbonyl (C=O) groups is 1. The van der Waals surface area contributed by atoms with Crippen molar-refractivity contribution in [3.8, 4) is 0 Å². The van der Waals surface area contributed by atoms with Crippen LogP contribution < -0.4 is 0 Å². The van der Waals surface area contributed by atoms with Gasteiger partial charge in [-0.25, -0.2) is 14.8 Å².